The summed E-state index contributed by atoms with van der Waals surface area (Å²) in [4.78, 5) is 39.5. The Bertz CT molecular complexity index is 431. The average Bonchev–Trinajstić information content (AvgIpc) is 2.53. The Balaban J connectivity index is 2.18. The Labute approximate surface area is 125 Å². The Morgan fingerprint density at radius 3 is 2.14 bits per heavy atom. The molecule has 2 rings (SSSR count). The van der Waals surface area contributed by atoms with E-state index in [2.05, 4.69) is 0 Å². The van der Waals surface area contributed by atoms with Crippen molar-refractivity contribution < 1.29 is 19.5 Å². The molecule has 21 heavy (non-hydrogen) atoms. The largest absolute Gasteiger partial charge is 0.479 e. The monoisotopic (exact) mass is 296 g/mol. The number of carboxylic acids is 1. The number of carbonyl (C=O) groups excluding carboxylic acids is 2. The van der Waals surface area contributed by atoms with Crippen molar-refractivity contribution in [3.63, 3.8) is 0 Å². The van der Waals surface area contributed by atoms with Gasteiger partial charge in [-0.15, -0.1) is 0 Å². The van der Waals surface area contributed by atoms with E-state index in [1.54, 1.807) is 11.8 Å². The minimum Gasteiger partial charge on any atom is -0.479 e. The fourth-order valence-corrected chi connectivity index (χ4v) is 3.42. The molecule has 0 aliphatic carbocycles. The average molecular weight is 296 g/mol. The predicted octanol–water partition coefficient (Wildman–Crippen LogP) is 1.24. The van der Waals surface area contributed by atoms with Crippen LogP contribution in [0.15, 0.2) is 0 Å². The van der Waals surface area contributed by atoms with Crippen molar-refractivity contribution >= 4 is 17.8 Å². The van der Waals surface area contributed by atoms with Crippen molar-refractivity contribution in [2.75, 3.05) is 19.6 Å². The van der Waals surface area contributed by atoms with Gasteiger partial charge in [-0.2, -0.15) is 0 Å². The lowest BCUT2D eigenvalue weighted by molar-refractivity contribution is -0.168. The SMILES string of the molecule is CCC1(C(=O)O)CCCCN1C(=O)C(=O)N1CCCCC1. The molecule has 0 bridgehead atoms. The second kappa shape index (κ2) is 6.45. The fraction of sp³-hybridized carbons (Fsp3) is 0.800. The summed E-state index contributed by atoms with van der Waals surface area (Å²) < 4.78 is 0. The Kier molecular flexibility index (Phi) is 4.85. The van der Waals surface area contributed by atoms with Crippen LogP contribution in [0.5, 0.6) is 0 Å². The third-order valence-electron chi connectivity index (χ3n) is 4.79. The van der Waals surface area contributed by atoms with E-state index in [0.29, 0.717) is 32.5 Å². The minimum absolute atomic E-state index is 0.335. The molecule has 1 N–H and O–H groups in total. The molecule has 0 saturated carbocycles. The summed E-state index contributed by atoms with van der Waals surface area (Å²) in [5.74, 6) is -2.17. The minimum atomic E-state index is -1.21. The molecule has 2 aliphatic heterocycles. The number of hydrogen-bond acceptors (Lipinski definition) is 3. The quantitative estimate of drug-likeness (QED) is 0.778. The van der Waals surface area contributed by atoms with Crippen LogP contribution in [0.2, 0.25) is 0 Å². The summed E-state index contributed by atoms with van der Waals surface area (Å²) in [6.07, 6.45) is 5.21. The Morgan fingerprint density at radius 2 is 1.57 bits per heavy atom. The van der Waals surface area contributed by atoms with Crippen LogP contribution in [-0.4, -0.2) is 57.9 Å². The zero-order valence-corrected chi connectivity index (χ0v) is 12.6. The third kappa shape index (κ3) is 2.89. The van der Waals surface area contributed by atoms with Gasteiger partial charge in [0.15, 0.2) is 0 Å². The number of piperidine rings is 2. The first-order valence-corrected chi connectivity index (χ1v) is 7.87. The van der Waals surface area contributed by atoms with Crippen molar-refractivity contribution in [3.05, 3.63) is 0 Å². The number of amides is 2. The van der Waals surface area contributed by atoms with Crippen LogP contribution < -0.4 is 0 Å². The van der Waals surface area contributed by atoms with Crippen LogP contribution in [0.3, 0.4) is 0 Å². The van der Waals surface area contributed by atoms with Gasteiger partial charge in [0.2, 0.25) is 0 Å². The molecule has 6 nitrogen and oxygen atoms in total. The van der Waals surface area contributed by atoms with Gasteiger partial charge in [-0.1, -0.05) is 6.92 Å². The number of rotatable bonds is 2. The van der Waals surface area contributed by atoms with Gasteiger partial charge < -0.3 is 14.9 Å². The number of nitrogens with zero attached hydrogens (tertiary/aromatic N) is 2. The molecule has 2 aliphatic rings. The number of carboxylic acid groups (broad SMARTS) is 1. The lowest BCUT2D eigenvalue weighted by Crippen LogP contribution is -2.62. The van der Waals surface area contributed by atoms with E-state index in [0.717, 1.165) is 32.1 Å². The molecule has 1 atom stereocenters. The molecule has 2 amide bonds. The van der Waals surface area contributed by atoms with Gasteiger partial charge in [0.25, 0.3) is 0 Å². The normalized spacial score (nSPS) is 26.5. The smallest absolute Gasteiger partial charge is 0.329 e. The van der Waals surface area contributed by atoms with E-state index in [4.69, 9.17) is 0 Å². The van der Waals surface area contributed by atoms with Gasteiger partial charge in [-0.3, -0.25) is 9.59 Å². The summed E-state index contributed by atoms with van der Waals surface area (Å²) in [7, 11) is 0. The topological polar surface area (TPSA) is 77.9 Å². The zero-order valence-electron chi connectivity index (χ0n) is 12.6. The lowest BCUT2D eigenvalue weighted by Gasteiger charge is -2.43. The van der Waals surface area contributed by atoms with Crippen LogP contribution in [0, 0.1) is 0 Å². The molecule has 0 spiro atoms. The number of aliphatic carboxylic acids is 1. The third-order valence-corrected chi connectivity index (χ3v) is 4.79. The maximum atomic E-state index is 12.5. The number of hydrogen-bond donors (Lipinski definition) is 1. The summed E-state index contributed by atoms with van der Waals surface area (Å²) >= 11 is 0. The van der Waals surface area contributed by atoms with E-state index in [1.807, 2.05) is 0 Å². The van der Waals surface area contributed by atoms with Crippen molar-refractivity contribution in [1.82, 2.24) is 9.80 Å². The van der Waals surface area contributed by atoms with Gasteiger partial charge in [-0.25, -0.2) is 4.79 Å². The van der Waals surface area contributed by atoms with Crippen molar-refractivity contribution in [2.24, 2.45) is 0 Å². The van der Waals surface area contributed by atoms with Crippen LogP contribution in [0.25, 0.3) is 0 Å². The van der Waals surface area contributed by atoms with Gasteiger partial charge in [-0.05, 0) is 44.9 Å². The Hall–Kier alpha value is -1.59. The summed E-state index contributed by atoms with van der Waals surface area (Å²) in [5.41, 5.74) is -1.21. The van der Waals surface area contributed by atoms with Gasteiger partial charge in [0.1, 0.15) is 5.54 Å². The van der Waals surface area contributed by atoms with Crippen molar-refractivity contribution in [3.8, 4) is 0 Å². The highest BCUT2D eigenvalue weighted by atomic mass is 16.4. The van der Waals surface area contributed by atoms with E-state index in [1.165, 1.54) is 4.90 Å². The maximum absolute atomic E-state index is 12.5. The Morgan fingerprint density at radius 1 is 0.952 bits per heavy atom. The van der Waals surface area contributed by atoms with Crippen molar-refractivity contribution in [2.45, 2.75) is 57.4 Å². The highest BCUT2D eigenvalue weighted by Crippen LogP contribution is 2.32. The van der Waals surface area contributed by atoms with E-state index in [9.17, 15) is 19.5 Å². The zero-order chi connectivity index (χ0) is 15.5. The summed E-state index contributed by atoms with van der Waals surface area (Å²) in [6, 6.07) is 0. The molecule has 6 heteroatoms. The molecule has 0 aromatic rings. The number of carbonyl (C=O) groups is 3. The molecule has 2 fully saturated rings. The van der Waals surface area contributed by atoms with E-state index >= 15 is 0 Å². The lowest BCUT2D eigenvalue weighted by atomic mass is 9.84. The first-order valence-electron chi connectivity index (χ1n) is 7.87. The molecule has 2 heterocycles. The van der Waals surface area contributed by atoms with Crippen LogP contribution in [-0.2, 0) is 14.4 Å². The van der Waals surface area contributed by atoms with Crippen molar-refractivity contribution in [1.29, 1.82) is 0 Å². The van der Waals surface area contributed by atoms with Crippen LogP contribution in [0.1, 0.15) is 51.9 Å². The maximum Gasteiger partial charge on any atom is 0.329 e. The van der Waals surface area contributed by atoms with Gasteiger partial charge >= 0.3 is 17.8 Å². The predicted molar refractivity (Wildman–Crippen MR) is 76.7 cm³/mol. The first-order chi connectivity index (χ1) is 10.0. The molecule has 0 radical (unpaired) electrons. The van der Waals surface area contributed by atoms with Crippen LogP contribution in [0.4, 0.5) is 0 Å². The molecule has 1 unspecified atom stereocenters. The highest BCUT2D eigenvalue weighted by Gasteiger charge is 2.48. The molecule has 0 aromatic carbocycles. The second-order valence-corrected chi connectivity index (χ2v) is 5.96. The summed E-state index contributed by atoms with van der Waals surface area (Å²) in [6.45, 7) is 3.33. The first kappa shape index (κ1) is 15.8. The molecule has 0 aromatic heterocycles. The molecular formula is C15H24N2O4. The van der Waals surface area contributed by atoms with Crippen LogP contribution >= 0.6 is 0 Å². The van der Waals surface area contributed by atoms with Gasteiger partial charge in [0.05, 0.1) is 0 Å². The van der Waals surface area contributed by atoms with E-state index in [-0.39, 0.29) is 0 Å². The van der Waals surface area contributed by atoms with E-state index < -0.39 is 23.3 Å². The second-order valence-electron chi connectivity index (χ2n) is 5.96. The molecule has 2 saturated heterocycles. The fourth-order valence-electron chi connectivity index (χ4n) is 3.42. The highest BCUT2D eigenvalue weighted by molar-refractivity contribution is 6.35. The summed E-state index contributed by atoms with van der Waals surface area (Å²) in [5, 5.41) is 9.58. The number of likely N-dealkylation sites (tertiary alicyclic amines) is 2. The molecular weight excluding hydrogens is 272 g/mol. The standard InChI is InChI=1S/C15H24N2O4/c1-2-15(14(20)21)8-4-7-11-17(15)13(19)12(18)16-9-5-3-6-10-16/h2-11H2,1H3,(H,20,21). The molecule has 118 valence electrons. The van der Waals surface area contributed by atoms with Gasteiger partial charge in [0, 0.05) is 19.6 Å².